The zero-order chi connectivity index (χ0) is 19.8. The Morgan fingerprint density at radius 1 is 1.14 bits per heavy atom. The van der Waals surface area contributed by atoms with Crippen LogP contribution in [0.3, 0.4) is 0 Å². The van der Waals surface area contributed by atoms with Crippen LogP contribution in [-0.4, -0.2) is 49.5 Å². The summed E-state index contributed by atoms with van der Waals surface area (Å²) in [6, 6.07) is 16.3. The minimum absolute atomic E-state index is 0.0661. The molecule has 29 heavy (non-hydrogen) atoms. The first kappa shape index (κ1) is 18.8. The maximum atomic E-state index is 13.4. The number of morpholine rings is 1. The van der Waals surface area contributed by atoms with E-state index in [1.54, 1.807) is 5.01 Å². The summed E-state index contributed by atoms with van der Waals surface area (Å²) >= 11 is 6.13. The lowest BCUT2D eigenvalue weighted by Crippen LogP contribution is -3.15. The molecule has 1 saturated heterocycles. The second-order valence-electron chi connectivity index (χ2n) is 8.06. The summed E-state index contributed by atoms with van der Waals surface area (Å²) in [4.78, 5) is 14.6. The Morgan fingerprint density at radius 3 is 2.69 bits per heavy atom. The first-order valence-corrected chi connectivity index (χ1v) is 10.7. The topological polar surface area (TPSA) is 46.3 Å². The largest absolute Gasteiger partial charge is 0.370 e. The predicted octanol–water partition coefficient (Wildman–Crippen LogP) is 2.11. The zero-order valence-corrected chi connectivity index (χ0v) is 17.1. The van der Waals surface area contributed by atoms with Gasteiger partial charge in [0.2, 0.25) is 0 Å². The van der Waals surface area contributed by atoms with Crippen molar-refractivity contribution in [3.8, 4) is 0 Å². The highest BCUT2D eigenvalue weighted by atomic mass is 35.5. The van der Waals surface area contributed by atoms with Gasteiger partial charge in [0.25, 0.3) is 5.91 Å². The lowest BCUT2D eigenvalue weighted by Gasteiger charge is -2.30. The molecule has 2 aromatic rings. The van der Waals surface area contributed by atoms with Gasteiger partial charge in [0.05, 0.1) is 25.0 Å². The zero-order valence-electron chi connectivity index (χ0n) is 16.3. The standard InChI is InChI=1S/C23H24ClN3O2/c24-18-8-5-17(6-9-18)23-20-10-7-16-3-1-2-4-19(16)22(20)25-27(23)21(28)15-26-11-13-29-14-12-26/h1-6,8-9,20,23H,7,10-15H2/p+1/t20-,23+/m0/s1. The van der Waals surface area contributed by atoms with Gasteiger partial charge in [0.15, 0.2) is 6.54 Å². The number of aryl methyl sites for hydroxylation is 1. The Morgan fingerprint density at radius 2 is 1.90 bits per heavy atom. The van der Waals surface area contributed by atoms with Crippen LogP contribution in [0.1, 0.15) is 29.2 Å². The lowest BCUT2D eigenvalue weighted by atomic mass is 9.77. The fourth-order valence-electron chi connectivity index (χ4n) is 4.80. The third kappa shape index (κ3) is 3.59. The van der Waals surface area contributed by atoms with Gasteiger partial charge in [-0.05, 0) is 36.1 Å². The third-order valence-corrected chi connectivity index (χ3v) is 6.55. The van der Waals surface area contributed by atoms with Crippen LogP contribution in [0.2, 0.25) is 5.02 Å². The fourth-order valence-corrected chi connectivity index (χ4v) is 4.92. The molecule has 5 nitrogen and oxygen atoms in total. The highest BCUT2D eigenvalue weighted by molar-refractivity contribution is 6.30. The number of carbonyl (C=O) groups is 1. The van der Waals surface area contributed by atoms with Gasteiger partial charge in [0, 0.05) is 16.5 Å². The molecule has 0 bridgehead atoms. The number of halogens is 1. The Hall–Kier alpha value is -2.21. The number of rotatable bonds is 3. The average molecular weight is 411 g/mol. The minimum Gasteiger partial charge on any atom is -0.370 e. The molecule has 0 unspecified atom stereocenters. The van der Waals surface area contributed by atoms with Crippen molar-refractivity contribution in [2.45, 2.75) is 18.9 Å². The predicted molar refractivity (Wildman–Crippen MR) is 112 cm³/mol. The molecule has 2 aromatic carbocycles. The molecule has 1 fully saturated rings. The summed E-state index contributed by atoms with van der Waals surface area (Å²) in [6.07, 6.45) is 2.01. The van der Waals surface area contributed by atoms with E-state index in [-0.39, 0.29) is 17.9 Å². The molecule has 2 atom stereocenters. The van der Waals surface area contributed by atoms with E-state index >= 15 is 0 Å². The van der Waals surface area contributed by atoms with E-state index < -0.39 is 0 Å². The number of amides is 1. The van der Waals surface area contributed by atoms with Gasteiger partial charge >= 0.3 is 0 Å². The normalized spacial score (nSPS) is 24.0. The Labute approximate surface area is 175 Å². The van der Waals surface area contributed by atoms with E-state index in [0.717, 1.165) is 37.2 Å². The van der Waals surface area contributed by atoms with Gasteiger partial charge in [-0.25, -0.2) is 5.01 Å². The Bertz CT molecular complexity index is 937. The fraction of sp³-hybridized carbons (Fsp3) is 0.391. The average Bonchev–Trinajstić information content (AvgIpc) is 3.15. The van der Waals surface area contributed by atoms with E-state index in [1.807, 2.05) is 24.3 Å². The molecular weight excluding hydrogens is 386 g/mol. The molecule has 150 valence electrons. The van der Waals surface area contributed by atoms with E-state index in [9.17, 15) is 4.79 Å². The number of carbonyl (C=O) groups excluding carboxylic acids is 1. The number of hydrogen-bond acceptors (Lipinski definition) is 3. The molecule has 5 rings (SSSR count). The number of nitrogens with one attached hydrogen (secondary N) is 1. The second-order valence-corrected chi connectivity index (χ2v) is 8.50. The van der Waals surface area contributed by atoms with Crippen LogP contribution < -0.4 is 4.90 Å². The maximum Gasteiger partial charge on any atom is 0.298 e. The first-order chi connectivity index (χ1) is 14.2. The summed E-state index contributed by atoms with van der Waals surface area (Å²) in [7, 11) is 0. The summed E-state index contributed by atoms with van der Waals surface area (Å²) in [5.74, 6) is 0.302. The van der Waals surface area contributed by atoms with Gasteiger partial charge in [-0.3, -0.25) is 4.79 Å². The van der Waals surface area contributed by atoms with Crippen molar-refractivity contribution in [2.24, 2.45) is 11.0 Å². The molecule has 0 saturated carbocycles. The van der Waals surface area contributed by atoms with Crippen LogP contribution >= 0.6 is 11.6 Å². The molecule has 3 aliphatic rings. The third-order valence-electron chi connectivity index (χ3n) is 6.30. The van der Waals surface area contributed by atoms with Crippen molar-refractivity contribution in [2.75, 3.05) is 32.8 Å². The molecule has 0 radical (unpaired) electrons. The number of hydrazone groups is 1. The van der Waals surface area contributed by atoms with Crippen molar-refractivity contribution in [3.63, 3.8) is 0 Å². The van der Waals surface area contributed by atoms with Crippen molar-refractivity contribution >= 4 is 23.2 Å². The second kappa shape index (κ2) is 7.90. The summed E-state index contributed by atoms with van der Waals surface area (Å²) in [5.41, 5.74) is 4.67. The van der Waals surface area contributed by atoms with Crippen LogP contribution in [0.4, 0.5) is 0 Å². The SMILES string of the molecule is O=C(C[NH+]1CCOCC1)N1N=C2c3ccccc3CC[C@@H]2[C@H]1c1ccc(Cl)cc1. The highest BCUT2D eigenvalue weighted by Crippen LogP contribution is 2.43. The van der Waals surface area contributed by atoms with Gasteiger partial charge in [-0.15, -0.1) is 0 Å². The molecular formula is C23H25ClN3O2+. The van der Waals surface area contributed by atoms with E-state index in [0.29, 0.717) is 24.8 Å². The Kier molecular flexibility index (Phi) is 5.12. The summed E-state index contributed by atoms with van der Waals surface area (Å²) in [6.45, 7) is 3.63. The number of fused-ring (bicyclic) bond motifs is 3. The van der Waals surface area contributed by atoms with E-state index in [1.165, 1.54) is 16.0 Å². The summed E-state index contributed by atoms with van der Waals surface area (Å²) < 4.78 is 5.44. The molecule has 2 aliphatic heterocycles. The number of benzene rings is 2. The highest BCUT2D eigenvalue weighted by Gasteiger charge is 2.44. The minimum atomic E-state index is -0.0661. The van der Waals surface area contributed by atoms with Crippen LogP contribution in [0.5, 0.6) is 0 Å². The van der Waals surface area contributed by atoms with Crippen molar-refractivity contribution in [3.05, 3.63) is 70.2 Å². The number of ether oxygens (including phenoxy) is 1. The maximum absolute atomic E-state index is 13.4. The van der Waals surface area contributed by atoms with Crippen LogP contribution in [0, 0.1) is 5.92 Å². The van der Waals surface area contributed by atoms with E-state index in [4.69, 9.17) is 21.4 Å². The molecule has 1 N–H and O–H groups in total. The molecule has 1 aliphatic carbocycles. The number of hydrogen-bond donors (Lipinski definition) is 1. The van der Waals surface area contributed by atoms with Crippen molar-refractivity contribution in [1.29, 1.82) is 0 Å². The monoisotopic (exact) mass is 410 g/mol. The van der Waals surface area contributed by atoms with Crippen LogP contribution in [0.25, 0.3) is 0 Å². The smallest absolute Gasteiger partial charge is 0.298 e. The molecule has 6 heteroatoms. The van der Waals surface area contributed by atoms with Gasteiger partial charge in [0.1, 0.15) is 13.1 Å². The van der Waals surface area contributed by atoms with Crippen molar-refractivity contribution < 1.29 is 14.4 Å². The molecule has 1 amide bonds. The molecule has 2 heterocycles. The van der Waals surface area contributed by atoms with Gasteiger partial charge in [-0.2, -0.15) is 5.10 Å². The van der Waals surface area contributed by atoms with Gasteiger partial charge in [-0.1, -0.05) is 48.0 Å². The van der Waals surface area contributed by atoms with Crippen molar-refractivity contribution in [1.82, 2.24) is 5.01 Å². The summed E-state index contributed by atoms with van der Waals surface area (Å²) in [5, 5.41) is 7.38. The molecule has 0 aromatic heterocycles. The molecule has 0 spiro atoms. The van der Waals surface area contributed by atoms with Gasteiger partial charge < -0.3 is 9.64 Å². The number of nitrogens with zero attached hydrogens (tertiary/aromatic N) is 2. The van der Waals surface area contributed by atoms with Crippen LogP contribution in [0.15, 0.2) is 53.6 Å². The quantitative estimate of drug-likeness (QED) is 0.842. The van der Waals surface area contributed by atoms with E-state index in [2.05, 4.69) is 24.3 Å². The Balaban J connectivity index is 1.50. The first-order valence-electron chi connectivity index (χ1n) is 10.4. The number of quaternary nitrogens is 1. The lowest BCUT2D eigenvalue weighted by molar-refractivity contribution is -0.900. The van der Waals surface area contributed by atoms with Crippen LogP contribution in [-0.2, 0) is 16.0 Å².